The predicted molar refractivity (Wildman–Crippen MR) is 110 cm³/mol. The fraction of sp³-hybridized carbons (Fsp3) is 0.818. The summed E-state index contributed by atoms with van der Waals surface area (Å²) >= 11 is 0. The molecule has 7 nitrogen and oxygen atoms in total. The highest BCUT2D eigenvalue weighted by molar-refractivity contribution is 5.76. The van der Waals surface area contributed by atoms with Crippen LogP contribution in [-0.4, -0.2) is 35.3 Å². The maximum atomic E-state index is 12.6. The van der Waals surface area contributed by atoms with Crippen LogP contribution in [0.3, 0.4) is 0 Å². The van der Waals surface area contributed by atoms with Gasteiger partial charge in [-0.05, 0) is 58.3 Å². The van der Waals surface area contributed by atoms with Crippen molar-refractivity contribution in [2.24, 2.45) is 22.1 Å². The second kappa shape index (κ2) is 8.73. The Balaban J connectivity index is 1.47. The van der Waals surface area contributed by atoms with E-state index in [4.69, 9.17) is 11.2 Å². The van der Waals surface area contributed by atoms with Gasteiger partial charge < -0.3 is 15.4 Å². The standard InChI is InChI=1S/C22H34N4O3/c1-5-6-11-22(25-26-22)12-10-18(27)24-19-15-8-7-9-16(19)14-17(13-15)23-20(28)29-21(2,3)4/h1,15-17,19H,6-14H2,2-4H3,(H,23,28)(H,24,27). The number of fused-ring (bicyclic) bond motifs is 2. The minimum Gasteiger partial charge on any atom is -0.444 e. The quantitative estimate of drug-likeness (QED) is 0.632. The van der Waals surface area contributed by atoms with Gasteiger partial charge in [0.2, 0.25) is 5.91 Å². The number of carbonyl (C=O) groups excluding carboxylic acids is 2. The summed E-state index contributed by atoms with van der Waals surface area (Å²) in [5.41, 5.74) is -0.905. The molecule has 160 valence electrons. The number of nitrogens with one attached hydrogen (secondary N) is 2. The molecule has 0 saturated heterocycles. The molecule has 2 fully saturated rings. The highest BCUT2D eigenvalue weighted by Gasteiger charge is 2.43. The van der Waals surface area contributed by atoms with Gasteiger partial charge in [0.1, 0.15) is 5.60 Å². The number of nitrogens with zero attached hydrogens (tertiary/aromatic N) is 2. The molecule has 3 rings (SSSR count). The molecule has 1 aliphatic heterocycles. The Labute approximate surface area is 173 Å². The van der Waals surface area contributed by atoms with Crippen molar-refractivity contribution in [2.75, 3.05) is 0 Å². The maximum absolute atomic E-state index is 12.6. The Morgan fingerprint density at radius 2 is 1.79 bits per heavy atom. The maximum Gasteiger partial charge on any atom is 0.407 e. The van der Waals surface area contributed by atoms with E-state index in [0.29, 0.717) is 31.1 Å². The summed E-state index contributed by atoms with van der Waals surface area (Å²) in [5, 5.41) is 14.5. The molecule has 3 aliphatic rings. The van der Waals surface area contributed by atoms with E-state index in [2.05, 4.69) is 26.8 Å². The molecular formula is C22H34N4O3. The second-order valence-electron chi connectivity index (χ2n) is 9.75. The number of alkyl carbamates (subject to hydrolysis) is 1. The topological polar surface area (TPSA) is 92.2 Å². The third-order valence-corrected chi connectivity index (χ3v) is 6.19. The van der Waals surface area contributed by atoms with E-state index < -0.39 is 11.3 Å². The van der Waals surface area contributed by atoms with Crippen molar-refractivity contribution >= 4 is 12.0 Å². The van der Waals surface area contributed by atoms with Crippen LogP contribution in [0.5, 0.6) is 0 Å². The lowest BCUT2D eigenvalue weighted by atomic mass is 9.66. The molecule has 0 spiro atoms. The van der Waals surface area contributed by atoms with Crippen molar-refractivity contribution in [3.8, 4) is 12.3 Å². The van der Waals surface area contributed by atoms with Crippen LogP contribution in [-0.2, 0) is 9.53 Å². The monoisotopic (exact) mass is 402 g/mol. The van der Waals surface area contributed by atoms with E-state index in [9.17, 15) is 9.59 Å². The normalized spacial score (nSPS) is 29.4. The molecule has 0 aromatic rings. The molecule has 2 unspecified atom stereocenters. The number of rotatable bonds is 7. The van der Waals surface area contributed by atoms with Crippen molar-refractivity contribution in [3.05, 3.63) is 0 Å². The van der Waals surface area contributed by atoms with Crippen LogP contribution >= 0.6 is 0 Å². The number of ether oxygens (including phenoxy) is 1. The van der Waals surface area contributed by atoms with Gasteiger partial charge in [-0.15, -0.1) is 12.3 Å². The number of hydrogen-bond acceptors (Lipinski definition) is 5. The van der Waals surface area contributed by atoms with E-state index in [1.54, 1.807) is 0 Å². The molecule has 2 amide bonds. The fourth-order valence-corrected chi connectivity index (χ4v) is 4.81. The van der Waals surface area contributed by atoms with E-state index in [1.165, 1.54) is 6.42 Å². The van der Waals surface area contributed by atoms with Gasteiger partial charge in [-0.1, -0.05) is 6.42 Å². The predicted octanol–water partition coefficient (Wildman–Crippen LogP) is 3.93. The second-order valence-corrected chi connectivity index (χ2v) is 9.75. The first-order valence-corrected chi connectivity index (χ1v) is 10.9. The Morgan fingerprint density at radius 1 is 1.14 bits per heavy atom. The van der Waals surface area contributed by atoms with Crippen molar-refractivity contribution < 1.29 is 14.3 Å². The zero-order valence-corrected chi connectivity index (χ0v) is 17.9. The summed E-state index contributed by atoms with van der Waals surface area (Å²) in [5.74, 6) is 3.49. The van der Waals surface area contributed by atoms with Crippen molar-refractivity contribution in [2.45, 2.75) is 102 Å². The number of carbonyl (C=O) groups is 2. The summed E-state index contributed by atoms with van der Waals surface area (Å²) in [6.07, 6.45) is 12.5. The van der Waals surface area contributed by atoms with E-state index in [1.807, 2.05) is 20.8 Å². The molecule has 0 aromatic carbocycles. The minimum atomic E-state index is -0.497. The van der Waals surface area contributed by atoms with Gasteiger partial charge in [-0.3, -0.25) is 4.79 Å². The molecule has 7 heteroatoms. The van der Waals surface area contributed by atoms with Gasteiger partial charge in [0.25, 0.3) is 0 Å². The van der Waals surface area contributed by atoms with Crippen LogP contribution in [0.25, 0.3) is 0 Å². The van der Waals surface area contributed by atoms with Crippen molar-refractivity contribution in [1.82, 2.24) is 10.6 Å². The third-order valence-electron chi connectivity index (χ3n) is 6.19. The molecule has 2 bridgehead atoms. The lowest BCUT2D eigenvalue weighted by molar-refractivity contribution is -0.123. The van der Waals surface area contributed by atoms with Crippen LogP contribution < -0.4 is 10.6 Å². The molecule has 2 N–H and O–H groups in total. The van der Waals surface area contributed by atoms with Gasteiger partial charge in [0.15, 0.2) is 5.66 Å². The van der Waals surface area contributed by atoms with E-state index in [0.717, 1.165) is 32.1 Å². The van der Waals surface area contributed by atoms with Crippen molar-refractivity contribution in [1.29, 1.82) is 0 Å². The average molecular weight is 403 g/mol. The Morgan fingerprint density at radius 3 is 2.34 bits per heavy atom. The summed E-state index contributed by atoms with van der Waals surface area (Å²) in [6.45, 7) is 5.60. The van der Waals surface area contributed by atoms with Gasteiger partial charge in [-0.2, -0.15) is 10.2 Å². The average Bonchev–Trinajstić information content (AvgIpc) is 3.37. The lowest BCUT2D eigenvalue weighted by Crippen LogP contribution is -2.55. The first kappa shape index (κ1) is 21.6. The smallest absolute Gasteiger partial charge is 0.407 e. The fourth-order valence-electron chi connectivity index (χ4n) is 4.81. The number of amides is 2. The number of terminal acetylenes is 1. The van der Waals surface area contributed by atoms with Crippen LogP contribution in [0.15, 0.2) is 10.2 Å². The third kappa shape index (κ3) is 6.19. The molecule has 0 radical (unpaired) electrons. The summed E-state index contributed by atoms with van der Waals surface area (Å²) in [4.78, 5) is 24.7. The van der Waals surface area contributed by atoms with Crippen LogP contribution in [0.2, 0.25) is 0 Å². The molecule has 0 aromatic heterocycles. The van der Waals surface area contributed by atoms with Crippen molar-refractivity contribution in [3.63, 3.8) is 0 Å². The van der Waals surface area contributed by atoms with Crippen LogP contribution in [0.1, 0.15) is 78.6 Å². The highest BCUT2D eigenvalue weighted by Crippen LogP contribution is 2.41. The SMILES string of the molecule is C#CCCC1(CCC(=O)NC2C3CCCC2CC(NC(=O)OC(C)(C)C)C3)N=N1. The van der Waals surface area contributed by atoms with Crippen LogP contribution in [0.4, 0.5) is 4.79 Å². The zero-order valence-electron chi connectivity index (χ0n) is 17.9. The molecule has 29 heavy (non-hydrogen) atoms. The summed E-state index contributed by atoms with van der Waals surface area (Å²) < 4.78 is 5.40. The molecular weight excluding hydrogens is 368 g/mol. The summed E-state index contributed by atoms with van der Waals surface area (Å²) in [7, 11) is 0. The molecule has 2 atom stereocenters. The van der Waals surface area contributed by atoms with E-state index >= 15 is 0 Å². The van der Waals surface area contributed by atoms with Crippen LogP contribution in [0, 0.1) is 24.2 Å². The zero-order chi connectivity index (χ0) is 21.1. The molecule has 1 heterocycles. The Kier molecular flexibility index (Phi) is 6.50. The van der Waals surface area contributed by atoms with Gasteiger partial charge in [0, 0.05) is 37.8 Å². The first-order valence-electron chi connectivity index (χ1n) is 10.9. The van der Waals surface area contributed by atoms with Gasteiger partial charge >= 0.3 is 6.09 Å². The Hall–Kier alpha value is -2.10. The lowest BCUT2D eigenvalue weighted by Gasteiger charge is -2.46. The Bertz CT molecular complexity index is 671. The number of hydrogen-bond donors (Lipinski definition) is 2. The first-order chi connectivity index (χ1) is 13.7. The highest BCUT2D eigenvalue weighted by atomic mass is 16.6. The largest absolute Gasteiger partial charge is 0.444 e. The molecule has 2 aliphatic carbocycles. The minimum absolute atomic E-state index is 0.0721. The van der Waals surface area contributed by atoms with Gasteiger partial charge in [-0.25, -0.2) is 4.79 Å². The van der Waals surface area contributed by atoms with E-state index in [-0.39, 0.29) is 24.1 Å². The summed E-state index contributed by atoms with van der Waals surface area (Å²) in [6, 6.07) is 0.312. The molecule has 2 saturated carbocycles. The van der Waals surface area contributed by atoms with Gasteiger partial charge in [0.05, 0.1) is 0 Å².